The third-order valence-electron chi connectivity index (χ3n) is 4.87. The second-order valence-electron chi connectivity index (χ2n) is 7.09. The van der Waals surface area contributed by atoms with Gasteiger partial charge in [0, 0.05) is 19.8 Å². The van der Waals surface area contributed by atoms with E-state index in [2.05, 4.69) is 0 Å². The van der Waals surface area contributed by atoms with E-state index in [1.54, 1.807) is 0 Å². The van der Waals surface area contributed by atoms with E-state index in [0.29, 0.717) is 19.0 Å². The zero-order valence-corrected chi connectivity index (χ0v) is 18.0. The largest absolute Gasteiger partial charge is 0.388 e. The third kappa shape index (κ3) is 6.38. The van der Waals surface area contributed by atoms with Gasteiger partial charge in [-0.2, -0.15) is 0 Å². The first-order chi connectivity index (χ1) is 14.6. The van der Waals surface area contributed by atoms with Crippen molar-refractivity contribution in [3.8, 4) is 0 Å². The number of ether oxygens (including phenoxy) is 4. The maximum absolute atomic E-state index is 11.4. The van der Waals surface area contributed by atoms with Crippen LogP contribution >= 0.6 is 11.8 Å². The smallest absolute Gasteiger partial charge is 0.186 e. The Morgan fingerprint density at radius 3 is 2.00 bits per heavy atom. The number of carbonyl (C=O) groups excluding carboxylic acids is 1. The van der Waals surface area contributed by atoms with Gasteiger partial charge in [0.05, 0.1) is 19.3 Å². The predicted molar refractivity (Wildman–Crippen MR) is 115 cm³/mol. The number of rotatable bonds is 9. The molecule has 1 saturated heterocycles. The Morgan fingerprint density at radius 1 is 0.967 bits per heavy atom. The molecule has 1 heterocycles. The molecule has 0 aromatic heterocycles. The van der Waals surface area contributed by atoms with Crippen LogP contribution in [-0.2, 0) is 37.0 Å². The van der Waals surface area contributed by atoms with Crippen LogP contribution in [0.5, 0.6) is 0 Å². The van der Waals surface area contributed by atoms with Crippen molar-refractivity contribution < 1.29 is 28.8 Å². The maximum atomic E-state index is 11.4. The third-order valence-corrected chi connectivity index (χ3v) is 5.77. The molecule has 30 heavy (non-hydrogen) atoms. The summed E-state index contributed by atoms with van der Waals surface area (Å²) in [7, 11) is 1.53. The Bertz CT molecular complexity index is 772. The second-order valence-corrected chi connectivity index (χ2v) is 8.29. The summed E-state index contributed by atoms with van der Waals surface area (Å²) in [5.74, 6) is 0.312. The lowest BCUT2D eigenvalue weighted by Gasteiger charge is -2.43. The number of carbonyl (C=O) groups is 1. The van der Waals surface area contributed by atoms with Gasteiger partial charge in [-0.25, -0.2) is 0 Å². The monoisotopic (exact) mass is 432 g/mol. The van der Waals surface area contributed by atoms with E-state index in [1.165, 1.54) is 14.0 Å². The van der Waals surface area contributed by atoms with Crippen molar-refractivity contribution in [1.29, 1.82) is 0 Å². The van der Waals surface area contributed by atoms with Crippen molar-refractivity contribution in [3.05, 3.63) is 71.8 Å². The van der Waals surface area contributed by atoms with Crippen LogP contribution in [0.25, 0.3) is 0 Å². The molecule has 0 aliphatic carbocycles. The molecule has 2 aromatic rings. The first-order valence-electron chi connectivity index (χ1n) is 9.89. The van der Waals surface area contributed by atoms with E-state index >= 15 is 0 Å². The fraction of sp³-hybridized carbons (Fsp3) is 0.435. The Balaban J connectivity index is 1.75. The minimum Gasteiger partial charge on any atom is -0.388 e. The van der Waals surface area contributed by atoms with Crippen LogP contribution in [0, 0.1) is 0 Å². The van der Waals surface area contributed by atoms with Crippen molar-refractivity contribution in [1.82, 2.24) is 0 Å². The highest BCUT2D eigenvalue weighted by molar-refractivity contribution is 8.13. The number of hydrogen-bond donors (Lipinski definition) is 1. The minimum atomic E-state index is -0.965. The molecular formula is C23H28O6S. The predicted octanol–water partition coefficient (Wildman–Crippen LogP) is 3.17. The molecule has 1 N–H and O–H groups in total. The maximum Gasteiger partial charge on any atom is 0.186 e. The fourth-order valence-electron chi connectivity index (χ4n) is 3.32. The fourth-order valence-corrected chi connectivity index (χ4v) is 3.99. The van der Waals surface area contributed by atoms with Gasteiger partial charge in [-0.15, -0.1) is 0 Å². The summed E-state index contributed by atoms with van der Waals surface area (Å²) in [6.45, 7) is 2.14. The van der Waals surface area contributed by atoms with Gasteiger partial charge in [0.2, 0.25) is 0 Å². The summed E-state index contributed by atoms with van der Waals surface area (Å²) < 4.78 is 23.7. The van der Waals surface area contributed by atoms with Crippen LogP contribution in [0.4, 0.5) is 0 Å². The quantitative estimate of drug-likeness (QED) is 0.652. The van der Waals surface area contributed by atoms with E-state index < -0.39 is 30.7 Å². The Hall–Kier alpha value is -1.74. The highest BCUT2D eigenvalue weighted by atomic mass is 32.2. The van der Waals surface area contributed by atoms with Gasteiger partial charge in [0.1, 0.15) is 18.3 Å². The van der Waals surface area contributed by atoms with Crippen molar-refractivity contribution in [2.45, 2.75) is 50.8 Å². The lowest BCUT2D eigenvalue weighted by atomic mass is 9.99. The molecule has 0 amide bonds. The molecule has 2 aromatic carbocycles. The molecule has 162 valence electrons. The number of thioether (sulfide) groups is 1. The van der Waals surface area contributed by atoms with E-state index in [1.807, 2.05) is 60.7 Å². The molecule has 0 bridgehead atoms. The molecule has 1 aliphatic rings. The molecule has 0 unspecified atom stereocenters. The van der Waals surface area contributed by atoms with Crippen LogP contribution in [0.15, 0.2) is 60.7 Å². The summed E-state index contributed by atoms with van der Waals surface area (Å²) in [6.07, 6.45) is -3.61. The number of benzene rings is 2. The summed E-state index contributed by atoms with van der Waals surface area (Å²) >= 11 is 1.11. The molecule has 5 atom stereocenters. The molecular weight excluding hydrogens is 404 g/mol. The molecule has 6 nitrogen and oxygen atoms in total. The van der Waals surface area contributed by atoms with Gasteiger partial charge in [0.15, 0.2) is 11.4 Å². The van der Waals surface area contributed by atoms with E-state index in [-0.39, 0.29) is 5.12 Å². The zero-order chi connectivity index (χ0) is 21.3. The molecule has 0 radical (unpaired) electrons. The molecule has 1 aliphatic heterocycles. The van der Waals surface area contributed by atoms with E-state index in [9.17, 15) is 9.90 Å². The first-order valence-corrected chi connectivity index (χ1v) is 10.9. The lowest BCUT2D eigenvalue weighted by Crippen LogP contribution is -2.60. The summed E-state index contributed by atoms with van der Waals surface area (Å²) in [5, 5.41) is 11.0. The van der Waals surface area contributed by atoms with Gasteiger partial charge in [-0.05, 0) is 11.1 Å². The van der Waals surface area contributed by atoms with Crippen LogP contribution in [0.2, 0.25) is 0 Å². The van der Waals surface area contributed by atoms with Gasteiger partial charge >= 0.3 is 0 Å². The number of methoxy groups -OCH3 is 1. The lowest BCUT2D eigenvalue weighted by molar-refractivity contribution is -0.306. The van der Waals surface area contributed by atoms with E-state index in [4.69, 9.17) is 18.9 Å². The highest BCUT2D eigenvalue weighted by Crippen LogP contribution is 2.29. The van der Waals surface area contributed by atoms with Gasteiger partial charge < -0.3 is 24.1 Å². The zero-order valence-electron chi connectivity index (χ0n) is 17.2. The van der Waals surface area contributed by atoms with Crippen molar-refractivity contribution >= 4 is 16.9 Å². The number of aliphatic hydroxyl groups is 1. The topological polar surface area (TPSA) is 74.2 Å². The number of hydrogen-bond acceptors (Lipinski definition) is 7. The average Bonchev–Trinajstić information content (AvgIpc) is 2.77. The van der Waals surface area contributed by atoms with E-state index in [0.717, 1.165) is 22.9 Å². The molecule has 0 saturated carbocycles. The van der Waals surface area contributed by atoms with Crippen LogP contribution < -0.4 is 0 Å². The van der Waals surface area contributed by atoms with Crippen molar-refractivity contribution in [2.24, 2.45) is 0 Å². The van der Waals surface area contributed by atoms with Gasteiger partial charge in [0.25, 0.3) is 0 Å². The Kier molecular flexibility index (Phi) is 8.87. The standard InChI is InChI=1S/C23H28O6S/c1-16(24)30-15-19-20(25)21(27-13-17-9-5-3-6-10-17)22(23(26-2)29-19)28-14-18-11-7-4-8-12-18/h3-12,19-23,25H,13-15H2,1-2H3/t19-,20-,21+,22+,23+/m1/s1. The number of aliphatic hydroxyl groups excluding tert-OH is 1. The summed E-state index contributed by atoms with van der Waals surface area (Å²) in [4.78, 5) is 11.4. The molecule has 0 spiro atoms. The minimum absolute atomic E-state index is 0.0380. The highest BCUT2D eigenvalue weighted by Gasteiger charge is 2.47. The van der Waals surface area contributed by atoms with Crippen LogP contribution in [0.3, 0.4) is 0 Å². The Morgan fingerprint density at radius 2 is 1.50 bits per heavy atom. The normalized spacial score (nSPS) is 26.4. The van der Waals surface area contributed by atoms with Crippen LogP contribution in [-0.4, -0.2) is 53.8 Å². The molecule has 1 fully saturated rings. The molecule has 7 heteroatoms. The van der Waals surface area contributed by atoms with Crippen molar-refractivity contribution in [2.75, 3.05) is 12.9 Å². The van der Waals surface area contributed by atoms with Gasteiger partial charge in [-0.3, -0.25) is 4.79 Å². The van der Waals surface area contributed by atoms with Crippen molar-refractivity contribution in [3.63, 3.8) is 0 Å². The van der Waals surface area contributed by atoms with Crippen LogP contribution in [0.1, 0.15) is 18.1 Å². The summed E-state index contributed by atoms with van der Waals surface area (Å²) in [6, 6.07) is 19.5. The first kappa shape index (κ1) is 22.9. The summed E-state index contributed by atoms with van der Waals surface area (Å²) in [5.41, 5.74) is 1.99. The second kappa shape index (κ2) is 11.6. The SMILES string of the molecule is CO[C@H]1O[C@H](CSC(C)=O)[C@@H](O)[C@H](OCc2ccccc2)[C@@H]1OCc1ccccc1. The average molecular weight is 433 g/mol. The Labute approximate surface area is 181 Å². The van der Waals surface area contributed by atoms with Gasteiger partial charge in [-0.1, -0.05) is 72.4 Å². The molecule has 3 rings (SSSR count).